The van der Waals surface area contributed by atoms with E-state index < -0.39 is 5.54 Å². The van der Waals surface area contributed by atoms with E-state index in [0.29, 0.717) is 18.1 Å². The van der Waals surface area contributed by atoms with E-state index in [9.17, 15) is 4.79 Å². The lowest BCUT2D eigenvalue weighted by atomic mass is 9.77. The molecule has 3 unspecified atom stereocenters. The predicted molar refractivity (Wildman–Crippen MR) is 84.0 cm³/mol. The van der Waals surface area contributed by atoms with Crippen molar-refractivity contribution in [1.82, 2.24) is 15.1 Å². The highest BCUT2D eigenvalue weighted by Gasteiger charge is 2.46. The van der Waals surface area contributed by atoms with Gasteiger partial charge in [0.1, 0.15) is 0 Å². The fourth-order valence-corrected chi connectivity index (χ4v) is 4.12. The predicted octanol–water partition coefficient (Wildman–Crippen LogP) is 0.541. The van der Waals surface area contributed by atoms with E-state index >= 15 is 0 Å². The molecule has 0 aromatic rings. The Morgan fingerprint density at radius 1 is 1.29 bits per heavy atom. The van der Waals surface area contributed by atoms with Gasteiger partial charge >= 0.3 is 0 Å². The molecule has 2 aliphatic carbocycles. The number of hydrogen-bond acceptors (Lipinski definition) is 4. The molecule has 1 heterocycles. The van der Waals surface area contributed by atoms with E-state index in [-0.39, 0.29) is 5.91 Å². The van der Waals surface area contributed by atoms with E-state index in [4.69, 9.17) is 5.73 Å². The van der Waals surface area contributed by atoms with Gasteiger partial charge in [-0.05, 0) is 59.0 Å². The van der Waals surface area contributed by atoms with Gasteiger partial charge in [0, 0.05) is 31.2 Å². The minimum atomic E-state index is -0.444. The van der Waals surface area contributed by atoms with Crippen molar-refractivity contribution in [3.8, 4) is 0 Å². The number of nitrogens with two attached hydrogens (primary N) is 1. The van der Waals surface area contributed by atoms with Crippen LogP contribution < -0.4 is 11.1 Å². The Morgan fingerprint density at radius 3 is 2.62 bits per heavy atom. The zero-order valence-corrected chi connectivity index (χ0v) is 13.5. The van der Waals surface area contributed by atoms with E-state index in [1.165, 1.54) is 25.7 Å². The number of likely N-dealkylation sites (tertiary alicyclic amines) is 1. The van der Waals surface area contributed by atoms with Gasteiger partial charge in [-0.15, -0.1) is 0 Å². The van der Waals surface area contributed by atoms with Gasteiger partial charge in [0.15, 0.2) is 0 Å². The molecule has 5 nitrogen and oxygen atoms in total. The average molecular weight is 294 g/mol. The van der Waals surface area contributed by atoms with Crippen molar-refractivity contribution in [2.24, 2.45) is 5.73 Å². The molecule has 2 saturated carbocycles. The third-order valence-corrected chi connectivity index (χ3v) is 5.70. The first kappa shape index (κ1) is 15.3. The van der Waals surface area contributed by atoms with Gasteiger partial charge in [0.2, 0.25) is 5.91 Å². The fraction of sp³-hybridized carbons (Fsp3) is 0.938. The first-order valence-electron chi connectivity index (χ1n) is 8.48. The molecule has 3 aliphatic rings. The van der Waals surface area contributed by atoms with Gasteiger partial charge in [-0.2, -0.15) is 0 Å². The topological polar surface area (TPSA) is 61.6 Å². The molecule has 0 radical (unpaired) electrons. The number of likely N-dealkylation sites (N-methyl/N-ethyl adjacent to an activating group) is 1. The molecule has 3 rings (SSSR count). The van der Waals surface area contributed by atoms with Crippen molar-refractivity contribution in [2.45, 2.75) is 68.6 Å². The van der Waals surface area contributed by atoms with Crippen molar-refractivity contribution in [1.29, 1.82) is 0 Å². The highest BCUT2D eigenvalue weighted by atomic mass is 16.1. The van der Waals surface area contributed by atoms with Gasteiger partial charge < -0.3 is 16.0 Å². The monoisotopic (exact) mass is 294 g/mol. The van der Waals surface area contributed by atoms with Gasteiger partial charge in [0.05, 0.1) is 5.54 Å². The zero-order chi connectivity index (χ0) is 15.0. The number of primary amides is 1. The Balaban J connectivity index is 1.65. The Morgan fingerprint density at radius 2 is 2.05 bits per heavy atom. The number of nitrogens with zero attached hydrogens (tertiary/aromatic N) is 2. The smallest absolute Gasteiger partial charge is 0.237 e. The maximum atomic E-state index is 12.1. The maximum absolute atomic E-state index is 12.1. The van der Waals surface area contributed by atoms with Crippen molar-refractivity contribution >= 4 is 5.91 Å². The number of nitrogens with one attached hydrogen (secondary N) is 1. The summed E-state index contributed by atoms with van der Waals surface area (Å²) in [5, 5.41) is 3.58. The molecule has 5 heteroatoms. The van der Waals surface area contributed by atoms with Gasteiger partial charge in [0.25, 0.3) is 0 Å². The fourth-order valence-electron chi connectivity index (χ4n) is 4.12. The lowest BCUT2D eigenvalue weighted by molar-refractivity contribution is -0.126. The van der Waals surface area contributed by atoms with Crippen molar-refractivity contribution in [3.05, 3.63) is 0 Å². The maximum Gasteiger partial charge on any atom is 0.237 e. The molecule has 0 aromatic heterocycles. The lowest BCUT2D eigenvalue weighted by Gasteiger charge is -2.42. The summed E-state index contributed by atoms with van der Waals surface area (Å²) < 4.78 is 0. The number of amides is 1. The normalized spacial score (nSPS) is 38.0. The SMILES string of the molecule is CN(C)C1CCN(C2CCCC(NC3CC3)(C(N)=O)C2)C1. The van der Waals surface area contributed by atoms with Crippen LogP contribution in [-0.2, 0) is 4.79 Å². The summed E-state index contributed by atoms with van der Waals surface area (Å²) in [7, 11) is 4.33. The molecule has 1 aliphatic heterocycles. The summed E-state index contributed by atoms with van der Waals surface area (Å²) in [6.07, 6.45) is 7.78. The molecule has 0 aromatic carbocycles. The highest BCUT2D eigenvalue weighted by Crippen LogP contribution is 2.36. The van der Waals surface area contributed by atoms with Gasteiger partial charge in [-0.3, -0.25) is 9.69 Å². The van der Waals surface area contributed by atoms with Crippen LogP contribution in [0.2, 0.25) is 0 Å². The quantitative estimate of drug-likeness (QED) is 0.777. The molecule has 3 N–H and O–H groups in total. The van der Waals surface area contributed by atoms with E-state index in [1.54, 1.807) is 0 Å². The summed E-state index contributed by atoms with van der Waals surface area (Å²) in [6, 6.07) is 1.71. The Kier molecular flexibility index (Phi) is 4.26. The molecule has 120 valence electrons. The Hall–Kier alpha value is -0.650. The minimum absolute atomic E-state index is 0.137. The average Bonchev–Trinajstić information content (AvgIpc) is 3.10. The third kappa shape index (κ3) is 3.25. The van der Waals surface area contributed by atoms with Crippen molar-refractivity contribution in [3.63, 3.8) is 0 Å². The van der Waals surface area contributed by atoms with Crippen LogP contribution in [0.1, 0.15) is 44.9 Å². The second-order valence-electron chi connectivity index (χ2n) is 7.52. The largest absolute Gasteiger partial charge is 0.368 e. The summed E-state index contributed by atoms with van der Waals surface area (Å²) in [6.45, 7) is 2.29. The van der Waals surface area contributed by atoms with Crippen LogP contribution in [0.5, 0.6) is 0 Å². The zero-order valence-electron chi connectivity index (χ0n) is 13.5. The van der Waals surface area contributed by atoms with Crippen LogP contribution >= 0.6 is 0 Å². The molecule has 3 fully saturated rings. The first-order chi connectivity index (χ1) is 10.00. The standard InChI is InChI=1S/C16H30N4O/c1-19(2)14-7-9-20(11-14)13-4-3-8-16(10-13,15(17)21)18-12-5-6-12/h12-14,18H,3-11H2,1-2H3,(H2,17,21). The molecule has 0 bridgehead atoms. The lowest BCUT2D eigenvalue weighted by Crippen LogP contribution is -2.61. The number of rotatable bonds is 5. The van der Waals surface area contributed by atoms with Gasteiger partial charge in [-0.1, -0.05) is 0 Å². The molecule has 21 heavy (non-hydrogen) atoms. The number of carbonyl (C=O) groups is 1. The Labute approximate surface area is 128 Å². The van der Waals surface area contributed by atoms with Crippen molar-refractivity contribution in [2.75, 3.05) is 27.2 Å². The molecule has 0 spiro atoms. The van der Waals surface area contributed by atoms with Crippen LogP contribution in [0.4, 0.5) is 0 Å². The molecular formula is C16H30N4O. The summed E-state index contributed by atoms with van der Waals surface area (Å²) >= 11 is 0. The van der Waals surface area contributed by atoms with E-state index in [0.717, 1.165) is 32.4 Å². The van der Waals surface area contributed by atoms with Crippen LogP contribution in [0.3, 0.4) is 0 Å². The Bertz CT molecular complexity index is 396. The van der Waals surface area contributed by atoms with Crippen LogP contribution in [-0.4, -0.2) is 66.6 Å². The molecule has 3 atom stereocenters. The van der Waals surface area contributed by atoms with Crippen LogP contribution in [0.25, 0.3) is 0 Å². The van der Waals surface area contributed by atoms with Crippen LogP contribution in [0.15, 0.2) is 0 Å². The highest BCUT2D eigenvalue weighted by molar-refractivity contribution is 5.85. The second-order valence-corrected chi connectivity index (χ2v) is 7.52. The summed E-state index contributed by atoms with van der Waals surface area (Å²) in [5.41, 5.74) is 5.34. The molecular weight excluding hydrogens is 264 g/mol. The molecule has 1 saturated heterocycles. The first-order valence-corrected chi connectivity index (χ1v) is 8.48. The van der Waals surface area contributed by atoms with E-state index in [2.05, 4.69) is 29.2 Å². The second kappa shape index (κ2) is 5.86. The molecule has 1 amide bonds. The third-order valence-electron chi connectivity index (χ3n) is 5.70. The van der Waals surface area contributed by atoms with Crippen molar-refractivity contribution < 1.29 is 4.79 Å². The van der Waals surface area contributed by atoms with E-state index in [1.807, 2.05) is 0 Å². The summed E-state index contributed by atoms with van der Waals surface area (Å²) in [4.78, 5) is 17.0. The summed E-state index contributed by atoms with van der Waals surface area (Å²) in [5.74, 6) is -0.137. The van der Waals surface area contributed by atoms with Gasteiger partial charge in [-0.25, -0.2) is 0 Å². The van der Waals surface area contributed by atoms with Crippen LogP contribution in [0, 0.1) is 0 Å². The minimum Gasteiger partial charge on any atom is -0.368 e. The number of hydrogen-bond donors (Lipinski definition) is 2. The number of carbonyl (C=O) groups excluding carboxylic acids is 1.